The lowest BCUT2D eigenvalue weighted by Crippen LogP contribution is -2.34. The lowest BCUT2D eigenvalue weighted by molar-refractivity contribution is 0.592. The first kappa shape index (κ1) is 14.5. The SMILES string of the molecule is C=CCN1c2cc3c(cc2-c2ccccc2S1(=O)=O)CCCC3. The molecule has 0 unspecified atom stereocenters. The number of aryl methyl sites for hydroxylation is 2. The highest BCUT2D eigenvalue weighted by Crippen LogP contribution is 2.45. The minimum Gasteiger partial charge on any atom is -0.262 e. The maximum atomic E-state index is 13.0. The van der Waals surface area contributed by atoms with Crippen LogP contribution in [0.4, 0.5) is 5.69 Å². The molecule has 0 atom stereocenters. The van der Waals surface area contributed by atoms with Crippen LogP contribution < -0.4 is 4.31 Å². The Kier molecular flexibility index (Phi) is 3.31. The topological polar surface area (TPSA) is 37.4 Å². The van der Waals surface area contributed by atoms with Crippen LogP contribution in [0, 0.1) is 0 Å². The molecule has 0 amide bonds. The average Bonchev–Trinajstić information content (AvgIpc) is 2.57. The highest BCUT2D eigenvalue weighted by Gasteiger charge is 2.34. The summed E-state index contributed by atoms with van der Waals surface area (Å²) in [6, 6.07) is 11.6. The third-order valence-electron chi connectivity index (χ3n) is 4.77. The van der Waals surface area contributed by atoms with Crippen molar-refractivity contribution in [3.05, 3.63) is 60.2 Å². The lowest BCUT2D eigenvalue weighted by atomic mass is 9.88. The van der Waals surface area contributed by atoms with E-state index in [-0.39, 0.29) is 0 Å². The number of sulfonamides is 1. The Morgan fingerprint density at radius 1 is 1.04 bits per heavy atom. The molecule has 1 aliphatic heterocycles. The maximum absolute atomic E-state index is 13.0. The fourth-order valence-corrected chi connectivity index (χ4v) is 5.33. The van der Waals surface area contributed by atoms with Gasteiger partial charge in [-0.15, -0.1) is 6.58 Å². The molecular formula is C19H19NO2S. The van der Waals surface area contributed by atoms with Gasteiger partial charge in [0.05, 0.1) is 17.1 Å². The molecule has 0 bridgehead atoms. The summed E-state index contributed by atoms with van der Waals surface area (Å²) in [5.74, 6) is 0. The Labute approximate surface area is 137 Å². The molecule has 0 aromatic heterocycles. The summed E-state index contributed by atoms with van der Waals surface area (Å²) in [5.41, 5.74) is 5.29. The van der Waals surface area contributed by atoms with Crippen molar-refractivity contribution in [2.45, 2.75) is 30.6 Å². The van der Waals surface area contributed by atoms with Crippen molar-refractivity contribution in [2.24, 2.45) is 0 Å². The second-order valence-corrected chi connectivity index (χ2v) is 8.00. The van der Waals surface area contributed by atoms with Gasteiger partial charge in [-0.25, -0.2) is 8.42 Å². The summed E-state index contributed by atoms with van der Waals surface area (Å²) in [5, 5.41) is 0. The summed E-state index contributed by atoms with van der Waals surface area (Å²) in [7, 11) is -3.52. The largest absolute Gasteiger partial charge is 0.265 e. The van der Waals surface area contributed by atoms with Crippen molar-refractivity contribution in [1.29, 1.82) is 0 Å². The zero-order valence-corrected chi connectivity index (χ0v) is 13.8. The number of fused-ring (bicyclic) bond motifs is 4. The number of benzene rings is 2. The van der Waals surface area contributed by atoms with Crippen LogP contribution in [-0.2, 0) is 22.9 Å². The van der Waals surface area contributed by atoms with Crippen molar-refractivity contribution in [1.82, 2.24) is 0 Å². The van der Waals surface area contributed by atoms with E-state index in [1.165, 1.54) is 28.3 Å². The van der Waals surface area contributed by atoms with E-state index in [2.05, 4.69) is 18.7 Å². The molecule has 2 aliphatic rings. The molecule has 4 rings (SSSR count). The van der Waals surface area contributed by atoms with Gasteiger partial charge in [-0.05, 0) is 55.0 Å². The van der Waals surface area contributed by atoms with E-state index in [1.807, 2.05) is 12.1 Å². The van der Waals surface area contributed by atoms with Crippen LogP contribution in [0.15, 0.2) is 53.9 Å². The predicted molar refractivity (Wildman–Crippen MR) is 93.2 cm³/mol. The van der Waals surface area contributed by atoms with E-state index in [0.717, 1.165) is 29.7 Å². The maximum Gasteiger partial charge on any atom is 0.265 e. The van der Waals surface area contributed by atoms with Crippen LogP contribution in [0.5, 0.6) is 0 Å². The monoisotopic (exact) mass is 325 g/mol. The predicted octanol–water partition coefficient (Wildman–Crippen LogP) is 3.93. The van der Waals surface area contributed by atoms with E-state index in [1.54, 1.807) is 18.2 Å². The molecule has 0 saturated carbocycles. The number of hydrogen-bond acceptors (Lipinski definition) is 2. The van der Waals surface area contributed by atoms with Gasteiger partial charge in [-0.1, -0.05) is 24.3 Å². The van der Waals surface area contributed by atoms with Crippen molar-refractivity contribution in [3.63, 3.8) is 0 Å². The highest BCUT2D eigenvalue weighted by molar-refractivity contribution is 7.93. The quantitative estimate of drug-likeness (QED) is 0.785. The first-order chi connectivity index (χ1) is 11.1. The van der Waals surface area contributed by atoms with Crippen LogP contribution in [0.3, 0.4) is 0 Å². The van der Waals surface area contributed by atoms with Gasteiger partial charge in [-0.2, -0.15) is 0 Å². The minimum absolute atomic E-state index is 0.294. The molecule has 2 aromatic carbocycles. The van der Waals surface area contributed by atoms with Crippen molar-refractivity contribution in [2.75, 3.05) is 10.8 Å². The van der Waals surface area contributed by atoms with E-state index in [4.69, 9.17) is 0 Å². The third kappa shape index (κ3) is 2.12. The fourth-order valence-electron chi connectivity index (χ4n) is 3.67. The lowest BCUT2D eigenvalue weighted by Gasteiger charge is -2.33. The fraction of sp³-hybridized carbons (Fsp3) is 0.263. The number of nitrogens with zero attached hydrogens (tertiary/aromatic N) is 1. The van der Waals surface area contributed by atoms with E-state index in [9.17, 15) is 8.42 Å². The Morgan fingerprint density at radius 3 is 2.48 bits per heavy atom. The van der Waals surface area contributed by atoms with Gasteiger partial charge in [0.1, 0.15) is 0 Å². The zero-order chi connectivity index (χ0) is 16.0. The molecule has 1 heterocycles. The Hall–Kier alpha value is -2.07. The van der Waals surface area contributed by atoms with Gasteiger partial charge in [0.15, 0.2) is 0 Å². The second-order valence-electron chi connectivity index (χ2n) is 6.17. The molecule has 3 nitrogen and oxygen atoms in total. The molecule has 0 saturated heterocycles. The van der Waals surface area contributed by atoms with E-state index in [0.29, 0.717) is 11.4 Å². The van der Waals surface area contributed by atoms with Gasteiger partial charge in [-0.3, -0.25) is 4.31 Å². The molecule has 1 aliphatic carbocycles. The Bertz CT molecular complexity index is 900. The first-order valence-corrected chi connectivity index (χ1v) is 9.46. The minimum atomic E-state index is -3.52. The molecule has 118 valence electrons. The first-order valence-electron chi connectivity index (χ1n) is 8.02. The zero-order valence-electron chi connectivity index (χ0n) is 13.0. The molecule has 2 aromatic rings. The molecule has 0 radical (unpaired) electrons. The summed E-state index contributed by atoms with van der Waals surface area (Å²) in [6.45, 7) is 4.02. The average molecular weight is 325 g/mol. The van der Waals surface area contributed by atoms with Crippen LogP contribution in [0.2, 0.25) is 0 Å². The second kappa shape index (κ2) is 5.24. The molecule has 4 heteroatoms. The van der Waals surface area contributed by atoms with Crippen LogP contribution in [0.1, 0.15) is 24.0 Å². The van der Waals surface area contributed by atoms with Gasteiger partial charge >= 0.3 is 0 Å². The Morgan fingerprint density at radius 2 is 1.74 bits per heavy atom. The summed E-state index contributed by atoms with van der Waals surface area (Å²) in [6.07, 6.45) is 6.15. The Balaban J connectivity index is 2.04. The van der Waals surface area contributed by atoms with Crippen molar-refractivity contribution < 1.29 is 8.42 Å². The van der Waals surface area contributed by atoms with Gasteiger partial charge < -0.3 is 0 Å². The van der Waals surface area contributed by atoms with Gasteiger partial charge in [0.25, 0.3) is 10.0 Å². The summed E-state index contributed by atoms with van der Waals surface area (Å²) < 4.78 is 27.5. The standard InChI is InChI=1S/C19H19NO2S/c1-2-11-20-18-13-15-8-4-3-7-14(15)12-17(18)16-9-5-6-10-19(16)23(20,21)22/h2,5-6,9-10,12-13H,1,3-4,7-8,11H2. The third-order valence-corrected chi connectivity index (χ3v) is 6.61. The van der Waals surface area contributed by atoms with E-state index >= 15 is 0 Å². The van der Waals surface area contributed by atoms with Crippen LogP contribution in [0.25, 0.3) is 11.1 Å². The van der Waals surface area contributed by atoms with E-state index < -0.39 is 10.0 Å². The molecule has 23 heavy (non-hydrogen) atoms. The van der Waals surface area contributed by atoms with Gasteiger partial charge in [0, 0.05) is 11.1 Å². The van der Waals surface area contributed by atoms with Crippen molar-refractivity contribution >= 4 is 15.7 Å². The van der Waals surface area contributed by atoms with Crippen LogP contribution >= 0.6 is 0 Å². The summed E-state index contributed by atoms with van der Waals surface area (Å²) >= 11 is 0. The van der Waals surface area contributed by atoms with Crippen LogP contribution in [-0.4, -0.2) is 15.0 Å². The molecular weight excluding hydrogens is 306 g/mol. The smallest absolute Gasteiger partial charge is 0.262 e. The molecule has 0 N–H and O–H groups in total. The normalized spacial score (nSPS) is 17.8. The van der Waals surface area contributed by atoms with Gasteiger partial charge in [0.2, 0.25) is 0 Å². The molecule has 0 fully saturated rings. The summed E-state index contributed by atoms with van der Waals surface area (Å²) in [4.78, 5) is 0.394. The number of rotatable bonds is 2. The number of anilines is 1. The molecule has 0 spiro atoms. The van der Waals surface area contributed by atoms with Crippen molar-refractivity contribution in [3.8, 4) is 11.1 Å². The highest BCUT2D eigenvalue weighted by atomic mass is 32.2. The number of hydrogen-bond donors (Lipinski definition) is 0.